The largest absolute Gasteiger partial charge is 0.487 e. The number of benzene rings is 1. The molecular formula is C21H22FN3O4. The van der Waals surface area contributed by atoms with Crippen molar-refractivity contribution >= 4 is 22.6 Å². The highest BCUT2D eigenvalue weighted by Crippen LogP contribution is 2.45. The fraction of sp³-hybridized carbons (Fsp3) is 0.429. The number of carbonyl (C=O) groups is 1. The number of ether oxygens (including phenoxy) is 1. The summed E-state index contributed by atoms with van der Waals surface area (Å²) in [5, 5.41) is 9.42. The molecule has 0 saturated carbocycles. The molecule has 1 aliphatic carbocycles. The van der Waals surface area contributed by atoms with Crippen LogP contribution in [0, 0.1) is 17.7 Å². The van der Waals surface area contributed by atoms with Gasteiger partial charge in [0.05, 0.1) is 16.9 Å². The van der Waals surface area contributed by atoms with Crippen molar-refractivity contribution in [1.29, 1.82) is 0 Å². The minimum atomic E-state index is -1.32. The Morgan fingerprint density at radius 2 is 2.17 bits per heavy atom. The first-order chi connectivity index (χ1) is 13.9. The minimum absolute atomic E-state index is 0.0286. The van der Waals surface area contributed by atoms with Crippen molar-refractivity contribution in [3.63, 3.8) is 0 Å². The summed E-state index contributed by atoms with van der Waals surface area (Å²) in [5.74, 6) is -1.11. The molecule has 1 fully saturated rings. The van der Waals surface area contributed by atoms with E-state index in [1.807, 2.05) is 11.8 Å². The summed E-state index contributed by atoms with van der Waals surface area (Å²) in [6.07, 6.45) is 6.39. The molecule has 0 spiro atoms. The van der Waals surface area contributed by atoms with Crippen LogP contribution in [0.5, 0.6) is 5.75 Å². The molecule has 0 radical (unpaired) electrons. The van der Waals surface area contributed by atoms with Gasteiger partial charge in [0, 0.05) is 31.2 Å². The zero-order valence-corrected chi connectivity index (χ0v) is 16.0. The van der Waals surface area contributed by atoms with Crippen molar-refractivity contribution in [2.24, 2.45) is 17.6 Å². The third-order valence-corrected chi connectivity index (χ3v) is 6.44. The van der Waals surface area contributed by atoms with E-state index in [1.54, 1.807) is 4.57 Å². The van der Waals surface area contributed by atoms with Crippen molar-refractivity contribution in [1.82, 2.24) is 4.57 Å². The number of nitrogens with zero attached hydrogens (tertiary/aromatic N) is 2. The van der Waals surface area contributed by atoms with Gasteiger partial charge in [0.15, 0.2) is 11.6 Å². The zero-order valence-electron chi connectivity index (χ0n) is 16.0. The number of aromatic nitrogens is 1. The van der Waals surface area contributed by atoms with Gasteiger partial charge in [-0.15, -0.1) is 0 Å². The standard InChI is InChI=1S/C21H22FN3O4/c1-10-9-29-20-17-12(19(26)14(21(27)28)8-25(10)17)5-15(22)18(20)24-6-11-3-2-4-16(23)13(11)7-24/h2-3,5,8,10-11,13,16H,4,6-7,9,23H2,1H3,(H,27,28). The minimum Gasteiger partial charge on any atom is -0.487 e. The molecule has 1 aromatic carbocycles. The quantitative estimate of drug-likeness (QED) is 0.751. The molecule has 2 aromatic rings. The number of carboxylic acids is 1. The molecule has 29 heavy (non-hydrogen) atoms. The molecule has 3 aliphatic rings. The zero-order chi connectivity index (χ0) is 20.4. The summed E-state index contributed by atoms with van der Waals surface area (Å²) >= 11 is 0. The smallest absolute Gasteiger partial charge is 0.341 e. The van der Waals surface area contributed by atoms with Crippen LogP contribution in [0.25, 0.3) is 10.9 Å². The average Bonchev–Trinajstić information content (AvgIpc) is 3.10. The van der Waals surface area contributed by atoms with Gasteiger partial charge in [-0.2, -0.15) is 0 Å². The van der Waals surface area contributed by atoms with Gasteiger partial charge >= 0.3 is 5.97 Å². The van der Waals surface area contributed by atoms with Crippen molar-refractivity contribution in [3.05, 3.63) is 46.0 Å². The lowest BCUT2D eigenvalue weighted by Gasteiger charge is -2.31. The molecule has 0 bridgehead atoms. The van der Waals surface area contributed by atoms with E-state index in [-0.39, 0.29) is 41.5 Å². The third-order valence-electron chi connectivity index (χ3n) is 6.44. The maximum Gasteiger partial charge on any atom is 0.341 e. The van der Waals surface area contributed by atoms with Crippen LogP contribution in [0.1, 0.15) is 29.7 Å². The summed E-state index contributed by atoms with van der Waals surface area (Å²) in [4.78, 5) is 26.2. The van der Waals surface area contributed by atoms with Crippen molar-refractivity contribution < 1.29 is 19.0 Å². The fourth-order valence-electron chi connectivity index (χ4n) is 4.94. The maximum absolute atomic E-state index is 15.3. The number of fused-ring (bicyclic) bond motifs is 1. The molecule has 5 rings (SSSR count). The number of halogens is 1. The van der Waals surface area contributed by atoms with Crippen LogP contribution < -0.4 is 20.8 Å². The second-order valence-corrected chi connectivity index (χ2v) is 8.24. The Bertz CT molecular complexity index is 1130. The van der Waals surface area contributed by atoms with Crippen LogP contribution in [-0.4, -0.2) is 41.4 Å². The lowest BCUT2D eigenvalue weighted by molar-refractivity contribution is 0.0694. The van der Waals surface area contributed by atoms with Gasteiger partial charge in [0.25, 0.3) is 0 Å². The average molecular weight is 399 g/mol. The highest BCUT2D eigenvalue weighted by Gasteiger charge is 2.40. The first-order valence-electron chi connectivity index (χ1n) is 9.81. The molecule has 4 unspecified atom stereocenters. The Morgan fingerprint density at radius 1 is 1.38 bits per heavy atom. The molecule has 3 heterocycles. The molecule has 2 aliphatic heterocycles. The van der Waals surface area contributed by atoms with Crippen LogP contribution in [0.4, 0.5) is 10.1 Å². The van der Waals surface area contributed by atoms with Gasteiger partial charge in [-0.3, -0.25) is 4.79 Å². The Morgan fingerprint density at radius 3 is 2.90 bits per heavy atom. The predicted octanol–water partition coefficient (Wildman–Crippen LogP) is 2.13. The SMILES string of the molecule is CC1COc2c(N3CC4C=CCC(N)C4C3)c(F)cc3c(=O)c(C(=O)O)cn1c23. The maximum atomic E-state index is 15.3. The molecule has 1 saturated heterocycles. The van der Waals surface area contributed by atoms with E-state index in [0.29, 0.717) is 30.0 Å². The van der Waals surface area contributed by atoms with E-state index in [9.17, 15) is 14.7 Å². The topological polar surface area (TPSA) is 97.8 Å². The molecule has 3 N–H and O–H groups in total. The van der Waals surface area contributed by atoms with E-state index >= 15 is 4.39 Å². The Labute approximate surface area is 166 Å². The lowest BCUT2D eigenvalue weighted by Crippen LogP contribution is -2.36. The Kier molecular flexibility index (Phi) is 3.96. The van der Waals surface area contributed by atoms with Gasteiger partial charge in [0.2, 0.25) is 5.43 Å². The summed E-state index contributed by atoms with van der Waals surface area (Å²) in [5.41, 5.74) is 5.98. The van der Waals surface area contributed by atoms with Crippen LogP contribution in [0.2, 0.25) is 0 Å². The first-order valence-corrected chi connectivity index (χ1v) is 9.81. The van der Waals surface area contributed by atoms with Crippen molar-refractivity contribution in [2.45, 2.75) is 25.4 Å². The normalized spacial score (nSPS) is 27.8. The summed E-state index contributed by atoms with van der Waals surface area (Å²) < 4.78 is 22.9. The number of carboxylic acid groups (broad SMARTS) is 1. The van der Waals surface area contributed by atoms with Crippen LogP contribution in [0.3, 0.4) is 0 Å². The van der Waals surface area contributed by atoms with Crippen molar-refractivity contribution in [2.75, 3.05) is 24.6 Å². The van der Waals surface area contributed by atoms with Crippen LogP contribution >= 0.6 is 0 Å². The number of hydrogen-bond donors (Lipinski definition) is 2. The predicted molar refractivity (Wildman–Crippen MR) is 106 cm³/mol. The number of aromatic carboxylic acids is 1. The second-order valence-electron chi connectivity index (χ2n) is 8.24. The van der Waals surface area contributed by atoms with Gasteiger partial charge in [-0.1, -0.05) is 12.2 Å². The van der Waals surface area contributed by atoms with Crippen molar-refractivity contribution in [3.8, 4) is 5.75 Å². The number of pyridine rings is 1. The molecule has 4 atom stereocenters. The number of anilines is 1. The molecule has 0 amide bonds. The monoisotopic (exact) mass is 399 g/mol. The first kappa shape index (κ1) is 18.2. The Hall–Kier alpha value is -2.87. The number of rotatable bonds is 2. The summed E-state index contributed by atoms with van der Waals surface area (Å²) in [7, 11) is 0. The van der Waals surface area contributed by atoms with Gasteiger partial charge < -0.3 is 25.0 Å². The highest BCUT2D eigenvalue weighted by molar-refractivity contribution is 5.97. The molecule has 1 aromatic heterocycles. The summed E-state index contributed by atoms with van der Waals surface area (Å²) in [6.45, 7) is 3.37. The molecule has 152 valence electrons. The lowest BCUT2D eigenvalue weighted by atomic mass is 9.83. The third kappa shape index (κ3) is 2.58. The molecule has 8 heteroatoms. The fourth-order valence-corrected chi connectivity index (χ4v) is 4.94. The van der Waals surface area contributed by atoms with Gasteiger partial charge in [0.1, 0.15) is 17.9 Å². The van der Waals surface area contributed by atoms with Gasteiger partial charge in [-0.25, -0.2) is 9.18 Å². The van der Waals surface area contributed by atoms with E-state index in [4.69, 9.17) is 10.5 Å². The highest BCUT2D eigenvalue weighted by atomic mass is 19.1. The number of nitrogens with two attached hydrogens (primary N) is 1. The van der Waals surface area contributed by atoms with E-state index < -0.39 is 17.2 Å². The van der Waals surface area contributed by atoms with E-state index in [1.165, 1.54) is 6.20 Å². The van der Waals surface area contributed by atoms with Crippen LogP contribution in [-0.2, 0) is 0 Å². The summed E-state index contributed by atoms with van der Waals surface area (Å²) in [6, 6.07) is 1.00. The van der Waals surface area contributed by atoms with Gasteiger partial charge in [-0.05, 0) is 25.3 Å². The Balaban J connectivity index is 1.72. The molecule has 7 nitrogen and oxygen atoms in total. The molecular weight excluding hydrogens is 377 g/mol. The second kappa shape index (κ2) is 6.32. The van der Waals surface area contributed by atoms with Crippen LogP contribution in [0.15, 0.2) is 29.2 Å². The van der Waals surface area contributed by atoms with E-state index in [2.05, 4.69) is 12.2 Å². The van der Waals surface area contributed by atoms with E-state index in [0.717, 1.165) is 12.5 Å². The number of hydrogen-bond acceptors (Lipinski definition) is 5.